The standard InChI is InChI=1S/C19H22ClN3O2.ClH/c20-16-6-4-14(5-7-16)19(25)23-17-3-1-2-13(8-17)9-21-10-15-11-22-12-18(15)24;/h1-8,15,18,21-22,24H,9-12H2,(H,23,25);1H. The Hall–Kier alpha value is -1.63. The molecule has 0 aliphatic carbocycles. The Kier molecular flexibility index (Phi) is 7.87. The second-order valence-electron chi connectivity index (χ2n) is 6.28. The molecule has 2 unspecified atom stereocenters. The fourth-order valence-corrected chi connectivity index (χ4v) is 3.02. The molecule has 2 aromatic carbocycles. The highest BCUT2D eigenvalue weighted by atomic mass is 35.5. The number of aliphatic hydroxyl groups excluding tert-OH is 1. The van der Waals surface area contributed by atoms with Crippen molar-refractivity contribution in [3.8, 4) is 0 Å². The van der Waals surface area contributed by atoms with E-state index >= 15 is 0 Å². The van der Waals surface area contributed by atoms with Crippen LogP contribution in [0.1, 0.15) is 15.9 Å². The largest absolute Gasteiger partial charge is 0.391 e. The summed E-state index contributed by atoms with van der Waals surface area (Å²) < 4.78 is 0. The summed E-state index contributed by atoms with van der Waals surface area (Å²) >= 11 is 5.84. The summed E-state index contributed by atoms with van der Waals surface area (Å²) in [7, 11) is 0. The molecule has 0 saturated carbocycles. The number of aliphatic hydroxyl groups is 1. The van der Waals surface area contributed by atoms with Crippen molar-refractivity contribution < 1.29 is 9.90 Å². The summed E-state index contributed by atoms with van der Waals surface area (Å²) in [5.41, 5.74) is 2.40. The summed E-state index contributed by atoms with van der Waals surface area (Å²) in [6, 6.07) is 14.5. The number of carbonyl (C=O) groups is 1. The van der Waals surface area contributed by atoms with Crippen molar-refractivity contribution in [1.82, 2.24) is 10.6 Å². The molecule has 1 saturated heterocycles. The number of hydrogen-bond donors (Lipinski definition) is 4. The van der Waals surface area contributed by atoms with Gasteiger partial charge in [-0.2, -0.15) is 0 Å². The molecule has 0 radical (unpaired) electrons. The first kappa shape index (κ1) is 20.7. The lowest BCUT2D eigenvalue weighted by molar-refractivity contribution is 0.102. The topological polar surface area (TPSA) is 73.4 Å². The van der Waals surface area contributed by atoms with Gasteiger partial charge in [0.1, 0.15) is 0 Å². The Morgan fingerprint density at radius 2 is 1.96 bits per heavy atom. The number of β-amino-alcohol motifs (C(OH)–C–C–N with tert-alkyl or cyclic N) is 1. The molecule has 7 heteroatoms. The van der Waals surface area contributed by atoms with Gasteiger partial charge in [0.2, 0.25) is 0 Å². The molecule has 1 aliphatic heterocycles. The second kappa shape index (κ2) is 9.90. The fourth-order valence-electron chi connectivity index (χ4n) is 2.89. The quantitative estimate of drug-likeness (QED) is 0.606. The van der Waals surface area contributed by atoms with E-state index in [1.807, 2.05) is 24.3 Å². The molecule has 140 valence electrons. The Morgan fingerprint density at radius 3 is 2.65 bits per heavy atom. The monoisotopic (exact) mass is 395 g/mol. The minimum atomic E-state index is -0.280. The first-order valence-corrected chi connectivity index (χ1v) is 8.75. The van der Waals surface area contributed by atoms with Gasteiger partial charge in [0.15, 0.2) is 0 Å². The summed E-state index contributed by atoms with van der Waals surface area (Å²) in [5, 5.41) is 19.8. The van der Waals surface area contributed by atoms with Crippen LogP contribution < -0.4 is 16.0 Å². The van der Waals surface area contributed by atoms with Gasteiger partial charge in [-0.3, -0.25) is 4.79 Å². The third-order valence-electron chi connectivity index (χ3n) is 4.33. The van der Waals surface area contributed by atoms with E-state index < -0.39 is 0 Å². The third-order valence-corrected chi connectivity index (χ3v) is 4.58. The van der Waals surface area contributed by atoms with Gasteiger partial charge in [0, 0.05) is 48.4 Å². The number of benzene rings is 2. The number of amides is 1. The highest BCUT2D eigenvalue weighted by Crippen LogP contribution is 2.15. The van der Waals surface area contributed by atoms with E-state index in [0.29, 0.717) is 23.7 Å². The van der Waals surface area contributed by atoms with Gasteiger partial charge >= 0.3 is 0 Å². The summed E-state index contributed by atoms with van der Waals surface area (Å²) in [6.45, 7) is 2.95. The molecule has 5 nitrogen and oxygen atoms in total. The number of anilines is 1. The van der Waals surface area contributed by atoms with Crippen LogP contribution in [-0.4, -0.2) is 36.8 Å². The van der Waals surface area contributed by atoms with Crippen LogP contribution in [0.4, 0.5) is 5.69 Å². The highest BCUT2D eigenvalue weighted by molar-refractivity contribution is 6.30. The van der Waals surface area contributed by atoms with Crippen molar-refractivity contribution in [2.75, 3.05) is 25.0 Å². The van der Waals surface area contributed by atoms with Crippen LogP contribution in [0.2, 0.25) is 5.02 Å². The lowest BCUT2D eigenvalue weighted by Crippen LogP contribution is -2.30. The zero-order valence-corrected chi connectivity index (χ0v) is 15.8. The van der Waals surface area contributed by atoms with Gasteiger partial charge in [-0.25, -0.2) is 0 Å². The van der Waals surface area contributed by atoms with Crippen LogP contribution in [0.3, 0.4) is 0 Å². The number of hydrogen-bond acceptors (Lipinski definition) is 4. The summed E-state index contributed by atoms with van der Waals surface area (Å²) in [5.74, 6) is 0.0784. The molecule has 3 rings (SSSR count). The van der Waals surface area contributed by atoms with Crippen molar-refractivity contribution in [3.05, 3.63) is 64.7 Å². The lowest BCUT2D eigenvalue weighted by Gasteiger charge is -2.14. The summed E-state index contributed by atoms with van der Waals surface area (Å²) in [6.07, 6.45) is -0.280. The van der Waals surface area contributed by atoms with Gasteiger partial charge in [-0.1, -0.05) is 23.7 Å². The molecule has 0 spiro atoms. The number of rotatable bonds is 6. The predicted molar refractivity (Wildman–Crippen MR) is 107 cm³/mol. The average Bonchev–Trinajstić information content (AvgIpc) is 3.01. The molecule has 4 N–H and O–H groups in total. The van der Waals surface area contributed by atoms with Crippen molar-refractivity contribution in [2.45, 2.75) is 12.6 Å². The van der Waals surface area contributed by atoms with Gasteiger partial charge in [0.25, 0.3) is 5.91 Å². The molecule has 0 aromatic heterocycles. The molecule has 1 heterocycles. The first-order valence-electron chi connectivity index (χ1n) is 8.37. The Balaban J connectivity index is 0.00000243. The third kappa shape index (κ3) is 5.69. The Bertz CT molecular complexity index is 725. The lowest BCUT2D eigenvalue weighted by atomic mass is 10.1. The molecule has 1 amide bonds. The number of carbonyl (C=O) groups excluding carboxylic acids is 1. The van der Waals surface area contributed by atoms with Gasteiger partial charge in [0.05, 0.1) is 6.10 Å². The van der Waals surface area contributed by atoms with E-state index in [4.69, 9.17) is 11.6 Å². The molecular formula is C19H23Cl2N3O2. The van der Waals surface area contributed by atoms with Gasteiger partial charge in [-0.05, 0) is 42.0 Å². The van der Waals surface area contributed by atoms with Crippen LogP contribution in [0.15, 0.2) is 48.5 Å². The predicted octanol–water partition coefficient (Wildman–Crippen LogP) is 2.68. The molecule has 2 atom stereocenters. The van der Waals surface area contributed by atoms with E-state index in [9.17, 15) is 9.90 Å². The maximum atomic E-state index is 12.3. The van der Waals surface area contributed by atoms with Crippen molar-refractivity contribution >= 4 is 35.6 Å². The normalized spacial score (nSPS) is 19.0. The van der Waals surface area contributed by atoms with Crippen LogP contribution in [-0.2, 0) is 6.54 Å². The van der Waals surface area contributed by atoms with E-state index in [-0.39, 0.29) is 30.3 Å². The van der Waals surface area contributed by atoms with Gasteiger partial charge < -0.3 is 21.1 Å². The smallest absolute Gasteiger partial charge is 0.255 e. The Morgan fingerprint density at radius 1 is 1.19 bits per heavy atom. The summed E-state index contributed by atoms with van der Waals surface area (Å²) in [4.78, 5) is 12.3. The van der Waals surface area contributed by atoms with Gasteiger partial charge in [-0.15, -0.1) is 12.4 Å². The molecule has 1 aliphatic rings. The van der Waals surface area contributed by atoms with Crippen LogP contribution >= 0.6 is 24.0 Å². The number of halogens is 2. The van der Waals surface area contributed by atoms with E-state index in [1.54, 1.807) is 24.3 Å². The number of nitrogens with one attached hydrogen (secondary N) is 3. The SMILES string of the molecule is Cl.O=C(Nc1cccc(CNCC2CNCC2O)c1)c1ccc(Cl)cc1. The van der Waals surface area contributed by atoms with E-state index in [1.165, 1.54) is 0 Å². The van der Waals surface area contributed by atoms with Crippen LogP contribution in [0.5, 0.6) is 0 Å². The maximum Gasteiger partial charge on any atom is 0.255 e. The fraction of sp³-hybridized carbons (Fsp3) is 0.316. The average molecular weight is 396 g/mol. The second-order valence-corrected chi connectivity index (χ2v) is 6.71. The molecule has 2 aromatic rings. The minimum Gasteiger partial charge on any atom is -0.391 e. The zero-order chi connectivity index (χ0) is 17.6. The van der Waals surface area contributed by atoms with Crippen molar-refractivity contribution in [2.24, 2.45) is 5.92 Å². The van der Waals surface area contributed by atoms with E-state index in [2.05, 4.69) is 16.0 Å². The highest BCUT2D eigenvalue weighted by Gasteiger charge is 2.23. The van der Waals surface area contributed by atoms with Crippen molar-refractivity contribution in [1.29, 1.82) is 0 Å². The maximum absolute atomic E-state index is 12.3. The van der Waals surface area contributed by atoms with Crippen molar-refractivity contribution in [3.63, 3.8) is 0 Å². The molecule has 0 bridgehead atoms. The molecule has 1 fully saturated rings. The first-order chi connectivity index (χ1) is 12.1. The molecule has 26 heavy (non-hydrogen) atoms. The Labute approximate surface area is 164 Å². The van der Waals surface area contributed by atoms with Crippen LogP contribution in [0, 0.1) is 5.92 Å². The van der Waals surface area contributed by atoms with E-state index in [0.717, 1.165) is 24.3 Å². The zero-order valence-electron chi connectivity index (χ0n) is 14.2. The molecular weight excluding hydrogens is 373 g/mol. The minimum absolute atomic E-state index is 0. The van der Waals surface area contributed by atoms with Crippen LogP contribution in [0.25, 0.3) is 0 Å².